The first-order chi connectivity index (χ1) is 14.1. The maximum atomic E-state index is 13.3. The van der Waals surface area contributed by atoms with Crippen LogP contribution in [0.3, 0.4) is 0 Å². The normalized spacial score (nSPS) is 24.6. The minimum atomic E-state index is -0.586. The number of carbonyl (C=O) groups is 2. The van der Waals surface area contributed by atoms with Crippen LogP contribution in [-0.4, -0.2) is 48.3 Å². The van der Waals surface area contributed by atoms with Crippen LogP contribution in [0.1, 0.15) is 24.1 Å². The van der Waals surface area contributed by atoms with Gasteiger partial charge in [-0.2, -0.15) is 5.06 Å². The second-order valence-electron chi connectivity index (χ2n) is 7.22. The van der Waals surface area contributed by atoms with Crippen LogP contribution in [0.15, 0.2) is 54.6 Å². The molecule has 0 N–H and O–H groups in total. The molecule has 0 aromatic heterocycles. The number of imide groups is 1. The fourth-order valence-electron chi connectivity index (χ4n) is 3.96. The van der Waals surface area contributed by atoms with Crippen molar-refractivity contribution in [3.63, 3.8) is 0 Å². The summed E-state index contributed by atoms with van der Waals surface area (Å²) in [7, 11) is 1.61. The standard InChI is InChI=1S/C22H24N2O5/c1-15-19(21(25)23-12-13-28-22(23)26)20(17-8-10-18(27-2)11-9-17)24(29-15)14-16-6-4-3-5-7-16/h3-11,15,19-20H,12-14H2,1-2H3/t15-,19-,20+/m1/s1. The largest absolute Gasteiger partial charge is 0.497 e. The van der Waals surface area contributed by atoms with Crippen molar-refractivity contribution in [3.05, 3.63) is 65.7 Å². The van der Waals surface area contributed by atoms with Gasteiger partial charge in [0.25, 0.3) is 0 Å². The lowest BCUT2D eigenvalue weighted by atomic mass is 9.88. The van der Waals surface area contributed by atoms with Gasteiger partial charge in [0.05, 0.1) is 31.7 Å². The van der Waals surface area contributed by atoms with Crippen molar-refractivity contribution in [2.45, 2.75) is 25.6 Å². The minimum absolute atomic E-state index is 0.230. The number of amides is 2. The Morgan fingerprint density at radius 1 is 1.14 bits per heavy atom. The van der Waals surface area contributed by atoms with E-state index in [1.165, 1.54) is 4.90 Å². The molecule has 2 aromatic carbocycles. The zero-order chi connectivity index (χ0) is 20.4. The molecule has 0 saturated carbocycles. The highest BCUT2D eigenvalue weighted by Crippen LogP contribution is 2.42. The molecule has 4 rings (SSSR count). The van der Waals surface area contributed by atoms with Gasteiger partial charge in [0.1, 0.15) is 12.4 Å². The molecule has 2 amide bonds. The lowest BCUT2D eigenvalue weighted by Gasteiger charge is -2.27. The molecule has 2 fully saturated rings. The average molecular weight is 396 g/mol. The lowest BCUT2D eigenvalue weighted by Crippen LogP contribution is -2.41. The van der Waals surface area contributed by atoms with Crippen molar-refractivity contribution in [1.82, 2.24) is 9.96 Å². The number of benzene rings is 2. The Morgan fingerprint density at radius 2 is 1.86 bits per heavy atom. The second-order valence-corrected chi connectivity index (χ2v) is 7.22. The summed E-state index contributed by atoms with van der Waals surface area (Å²) in [5.41, 5.74) is 2.00. The molecule has 2 heterocycles. The highest BCUT2D eigenvalue weighted by atomic mass is 16.7. The van der Waals surface area contributed by atoms with Crippen LogP contribution >= 0.6 is 0 Å². The van der Waals surface area contributed by atoms with Crippen LogP contribution in [0.5, 0.6) is 5.75 Å². The molecule has 0 spiro atoms. The van der Waals surface area contributed by atoms with Crippen molar-refractivity contribution in [3.8, 4) is 5.75 Å². The zero-order valence-corrected chi connectivity index (χ0v) is 16.5. The third-order valence-corrected chi connectivity index (χ3v) is 5.41. The molecule has 7 nitrogen and oxygen atoms in total. The monoisotopic (exact) mass is 396 g/mol. The molecule has 7 heteroatoms. The Kier molecular flexibility index (Phi) is 5.51. The summed E-state index contributed by atoms with van der Waals surface area (Å²) in [6.45, 7) is 2.89. The number of hydrogen-bond donors (Lipinski definition) is 0. The average Bonchev–Trinajstić information content (AvgIpc) is 3.31. The van der Waals surface area contributed by atoms with Crippen LogP contribution in [0.4, 0.5) is 4.79 Å². The third kappa shape index (κ3) is 3.83. The molecule has 2 aromatic rings. The van der Waals surface area contributed by atoms with Gasteiger partial charge in [0.15, 0.2) is 0 Å². The zero-order valence-electron chi connectivity index (χ0n) is 16.5. The Bertz CT molecular complexity index is 871. The SMILES string of the molecule is COc1ccc([C@H]2[C@H](C(=O)N3CCOC3=O)[C@@H](C)ON2Cc2ccccc2)cc1. The topological polar surface area (TPSA) is 68.3 Å². The van der Waals surface area contributed by atoms with Crippen LogP contribution in [-0.2, 0) is 20.9 Å². The molecular weight excluding hydrogens is 372 g/mol. The minimum Gasteiger partial charge on any atom is -0.497 e. The number of hydrogen-bond acceptors (Lipinski definition) is 6. The molecule has 152 valence electrons. The van der Waals surface area contributed by atoms with Crippen LogP contribution < -0.4 is 4.74 Å². The van der Waals surface area contributed by atoms with Gasteiger partial charge in [-0.1, -0.05) is 42.5 Å². The first-order valence-corrected chi connectivity index (χ1v) is 9.68. The van der Waals surface area contributed by atoms with E-state index in [9.17, 15) is 9.59 Å². The Balaban J connectivity index is 1.67. The van der Waals surface area contributed by atoms with E-state index in [0.29, 0.717) is 6.54 Å². The maximum absolute atomic E-state index is 13.3. The van der Waals surface area contributed by atoms with E-state index in [4.69, 9.17) is 14.3 Å². The first kappa shape index (κ1) is 19.4. The number of cyclic esters (lactones) is 1. The number of ether oxygens (including phenoxy) is 2. The van der Waals surface area contributed by atoms with Gasteiger partial charge < -0.3 is 9.47 Å². The molecule has 0 radical (unpaired) electrons. The Labute approximate surface area is 169 Å². The van der Waals surface area contributed by atoms with E-state index in [1.807, 2.05) is 66.6 Å². The fraction of sp³-hybridized carbons (Fsp3) is 0.364. The highest BCUT2D eigenvalue weighted by molar-refractivity contribution is 5.95. The quantitative estimate of drug-likeness (QED) is 0.773. The Hall–Kier alpha value is -2.90. The van der Waals surface area contributed by atoms with E-state index >= 15 is 0 Å². The number of methoxy groups -OCH3 is 1. The van der Waals surface area contributed by atoms with Crippen molar-refractivity contribution in [1.29, 1.82) is 0 Å². The van der Waals surface area contributed by atoms with Crippen molar-refractivity contribution in [2.75, 3.05) is 20.3 Å². The number of nitrogens with zero attached hydrogens (tertiary/aromatic N) is 2. The van der Waals surface area contributed by atoms with E-state index in [2.05, 4.69) is 0 Å². The van der Waals surface area contributed by atoms with Gasteiger partial charge >= 0.3 is 6.09 Å². The second kappa shape index (κ2) is 8.23. The summed E-state index contributed by atoms with van der Waals surface area (Å²) in [6, 6.07) is 17.2. The molecule has 2 saturated heterocycles. The summed E-state index contributed by atoms with van der Waals surface area (Å²) in [6.07, 6.45) is -0.969. The van der Waals surface area contributed by atoms with Crippen molar-refractivity contribution >= 4 is 12.0 Å². The van der Waals surface area contributed by atoms with Gasteiger partial charge in [-0.3, -0.25) is 9.63 Å². The molecule has 2 aliphatic rings. The molecule has 3 atom stereocenters. The van der Waals surface area contributed by atoms with Gasteiger partial charge in [-0.15, -0.1) is 0 Å². The number of hydroxylamine groups is 2. The molecule has 0 unspecified atom stereocenters. The van der Waals surface area contributed by atoms with Gasteiger partial charge in [-0.05, 0) is 30.2 Å². The first-order valence-electron chi connectivity index (χ1n) is 9.68. The number of carbonyl (C=O) groups excluding carboxylic acids is 2. The molecule has 2 aliphatic heterocycles. The lowest BCUT2D eigenvalue weighted by molar-refractivity contribution is -0.166. The predicted molar refractivity (Wildman–Crippen MR) is 105 cm³/mol. The van der Waals surface area contributed by atoms with Crippen molar-refractivity contribution in [2.24, 2.45) is 5.92 Å². The Morgan fingerprint density at radius 3 is 2.48 bits per heavy atom. The number of rotatable bonds is 5. The molecule has 0 aliphatic carbocycles. The highest BCUT2D eigenvalue weighted by Gasteiger charge is 2.49. The van der Waals surface area contributed by atoms with Crippen LogP contribution in [0, 0.1) is 5.92 Å². The van der Waals surface area contributed by atoms with E-state index in [-0.39, 0.29) is 31.2 Å². The smallest absolute Gasteiger partial charge is 0.416 e. The predicted octanol–water partition coefficient (Wildman–Crippen LogP) is 3.17. The molecular formula is C22H24N2O5. The van der Waals surface area contributed by atoms with E-state index in [0.717, 1.165) is 16.9 Å². The van der Waals surface area contributed by atoms with Crippen LogP contribution in [0.25, 0.3) is 0 Å². The molecule has 0 bridgehead atoms. The summed E-state index contributed by atoms with van der Waals surface area (Å²) < 4.78 is 10.2. The molecule has 29 heavy (non-hydrogen) atoms. The van der Waals surface area contributed by atoms with Gasteiger partial charge in [-0.25, -0.2) is 9.69 Å². The van der Waals surface area contributed by atoms with Gasteiger partial charge in [0, 0.05) is 6.54 Å². The van der Waals surface area contributed by atoms with E-state index in [1.54, 1.807) is 7.11 Å². The van der Waals surface area contributed by atoms with E-state index < -0.39 is 12.0 Å². The summed E-state index contributed by atoms with van der Waals surface area (Å²) >= 11 is 0. The fourth-order valence-corrected chi connectivity index (χ4v) is 3.96. The summed E-state index contributed by atoms with van der Waals surface area (Å²) in [5.74, 6) is -0.0598. The van der Waals surface area contributed by atoms with Gasteiger partial charge in [0.2, 0.25) is 5.91 Å². The maximum Gasteiger partial charge on any atom is 0.416 e. The van der Waals surface area contributed by atoms with Crippen molar-refractivity contribution < 1.29 is 23.9 Å². The van der Waals surface area contributed by atoms with Crippen LogP contribution in [0.2, 0.25) is 0 Å². The summed E-state index contributed by atoms with van der Waals surface area (Å²) in [5, 5.41) is 1.84. The summed E-state index contributed by atoms with van der Waals surface area (Å²) in [4.78, 5) is 32.6. The third-order valence-electron chi connectivity index (χ3n) is 5.41.